The number of benzene rings is 2. The molecule has 2 aliphatic heterocycles. The number of likely N-dealkylation sites (tertiary alicyclic amines) is 1. The van der Waals surface area contributed by atoms with E-state index >= 15 is 0 Å². The number of rotatable bonds is 8. The number of ether oxygens (including phenoxy) is 1. The molecule has 0 saturated carbocycles. The number of para-hydroxylation sites is 1. The summed E-state index contributed by atoms with van der Waals surface area (Å²) in [4.78, 5) is 40.9. The Morgan fingerprint density at radius 3 is 2.39 bits per heavy atom. The van der Waals surface area contributed by atoms with E-state index in [4.69, 9.17) is 10.5 Å². The van der Waals surface area contributed by atoms with Crippen LogP contribution in [0.3, 0.4) is 0 Å². The summed E-state index contributed by atoms with van der Waals surface area (Å²) in [5, 5.41) is 5.71. The maximum absolute atomic E-state index is 12.3. The lowest BCUT2D eigenvalue weighted by Gasteiger charge is -2.22. The van der Waals surface area contributed by atoms with Gasteiger partial charge >= 0.3 is 0 Å². The van der Waals surface area contributed by atoms with Crippen molar-refractivity contribution in [3.8, 4) is 11.5 Å². The molecule has 2 atom stereocenters. The van der Waals surface area contributed by atoms with Gasteiger partial charge in [0.15, 0.2) is 0 Å². The molecule has 0 radical (unpaired) electrons. The number of hydrogen-bond donors (Lipinski definition) is 3. The van der Waals surface area contributed by atoms with E-state index in [-0.39, 0.29) is 11.9 Å². The number of amidine groups is 1. The third kappa shape index (κ3) is 9.63. The van der Waals surface area contributed by atoms with Gasteiger partial charge in [0.25, 0.3) is 0 Å². The summed E-state index contributed by atoms with van der Waals surface area (Å²) >= 11 is 1.74. The van der Waals surface area contributed by atoms with E-state index in [0.717, 1.165) is 60.3 Å². The molecule has 10 heteroatoms. The predicted molar refractivity (Wildman–Crippen MR) is 164 cm³/mol. The normalized spacial score (nSPS) is 17.5. The quantitative estimate of drug-likeness (QED) is 0.348. The molecule has 0 aliphatic carbocycles. The zero-order valence-electron chi connectivity index (χ0n) is 23.8. The first-order chi connectivity index (χ1) is 19.9. The van der Waals surface area contributed by atoms with Crippen molar-refractivity contribution in [2.24, 2.45) is 10.7 Å². The van der Waals surface area contributed by atoms with Crippen LogP contribution in [0.4, 0.5) is 0 Å². The van der Waals surface area contributed by atoms with Crippen LogP contribution in [0.5, 0.6) is 11.5 Å². The molecule has 2 unspecified atom stereocenters. The molecule has 4 N–H and O–H groups in total. The number of aliphatic imine (C=N–C) groups is 1. The number of nitrogens with two attached hydrogens (primary N) is 1. The fourth-order valence-corrected chi connectivity index (χ4v) is 5.49. The lowest BCUT2D eigenvalue weighted by atomic mass is 10.1. The zero-order chi connectivity index (χ0) is 29.6. The Morgan fingerprint density at radius 1 is 1.12 bits per heavy atom. The minimum atomic E-state index is 0.0150. The molecule has 0 spiro atoms. The molecule has 2 aromatic carbocycles. The van der Waals surface area contributed by atoms with Gasteiger partial charge in [0.05, 0.1) is 19.1 Å². The molecular weight excluding hydrogens is 538 g/mol. The smallest absolute Gasteiger partial charge is 0.237 e. The van der Waals surface area contributed by atoms with Crippen molar-refractivity contribution in [2.75, 3.05) is 27.2 Å². The molecule has 218 valence electrons. The molecule has 2 aliphatic rings. The van der Waals surface area contributed by atoms with E-state index in [1.54, 1.807) is 42.6 Å². The summed E-state index contributed by atoms with van der Waals surface area (Å²) in [5.41, 5.74) is 7.62. The van der Waals surface area contributed by atoms with E-state index in [2.05, 4.69) is 33.5 Å². The second-order valence-electron chi connectivity index (χ2n) is 9.72. The molecular formula is C31H39N5O4S. The maximum atomic E-state index is 12.3. The first kappa shape index (κ1) is 31.7. The highest BCUT2D eigenvalue weighted by molar-refractivity contribution is 7.12. The summed E-state index contributed by atoms with van der Waals surface area (Å²) in [7, 11) is 3.76. The Bertz CT molecular complexity index is 1290. The number of likely N-dealkylation sites (N-methyl/N-ethyl adjacent to an activating group) is 2. The van der Waals surface area contributed by atoms with Crippen molar-refractivity contribution in [3.63, 3.8) is 0 Å². The fraction of sp³-hybridized carbons (Fsp3) is 0.355. The Morgan fingerprint density at radius 2 is 1.83 bits per heavy atom. The van der Waals surface area contributed by atoms with Crippen LogP contribution in [0.1, 0.15) is 45.4 Å². The van der Waals surface area contributed by atoms with Crippen LogP contribution in [0, 0.1) is 0 Å². The molecule has 1 fully saturated rings. The number of carbonyl (C=O) groups is 3. The molecule has 9 nitrogen and oxygen atoms in total. The summed E-state index contributed by atoms with van der Waals surface area (Å²) in [6.07, 6.45) is 4.63. The van der Waals surface area contributed by atoms with Crippen LogP contribution in [0.2, 0.25) is 0 Å². The lowest BCUT2D eigenvalue weighted by Crippen LogP contribution is -2.42. The van der Waals surface area contributed by atoms with Crippen molar-refractivity contribution in [2.45, 2.75) is 44.8 Å². The standard InChI is InChI=1S/C15H22N4OS.C13H10O2.C3H7NO/c1-9-3-4-12(19(9)2)15(20)18-8-10-7-11-13(21-10)5-6-17-14(11)16;14-10-11-6-8-13(9-7-11)15-12-4-2-1-3-5-12;1-4-2-3-5/h7,9,12H,3-6,8H2,1-2H3,(H2,16,17)(H,18,20);1-10H;3-4H,2H2,1H3. The van der Waals surface area contributed by atoms with Gasteiger partial charge < -0.3 is 25.9 Å². The maximum Gasteiger partial charge on any atom is 0.237 e. The van der Waals surface area contributed by atoms with E-state index < -0.39 is 0 Å². The van der Waals surface area contributed by atoms with E-state index in [9.17, 15) is 14.4 Å². The largest absolute Gasteiger partial charge is 0.457 e. The van der Waals surface area contributed by atoms with Crippen molar-refractivity contribution < 1.29 is 19.1 Å². The van der Waals surface area contributed by atoms with Gasteiger partial charge in [-0.15, -0.1) is 11.3 Å². The van der Waals surface area contributed by atoms with Gasteiger partial charge in [-0.05, 0) is 76.3 Å². The molecule has 1 aromatic heterocycles. The number of aldehydes is 2. The van der Waals surface area contributed by atoms with Gasteiger partial charge in [0.1, 0.15) is 29.9 Å². The summed E-state index contributed by atoms with van der Waals surface area (Å²) in [5.74, 6) is 2.28. The minimum Gasteiger partial charge on any atom is -0.457 e. The van der Waals surface area contributed by atoms with Crippen molar-refractivity contribution >= 4 is 35.7 Å². The highest BCUT2D eigenvalue weighted by atomic mass is 32.1. The first-order valence-electron chi connectivity index (χ1n) is 13.6. The van der Waals surface area contributed by atoms with Crippen LogP contribution in [0.25, 0.3) is 0 Å². The van der Waals surface area contributed by atoms with Crippen LogP contribution < -0.4 is 21.1 Å². The first-order valence-corrected chi connectivity index (χ1v) is 14.5. The molecule has 1 amide bonds. The molecule has 1 saturated heterocycles. The molecule has 41 heavy (non-hydrogen) atoms. The van der Waals surface area contributed by atoms with Gasteiger partial charge in [-0.2, -0.15) is 0 Å². The summed E-state index contributed by atoms with van der Waals surface area (Å²) in [6.45, 7) is 3.99. The average Bonchev–Trinajstić information content (AvgIpc) is 3.57. The van der Waals surface area contributed by atoms with Gasteiger partial charge in [-0.1, -0.05) is 18.2 Å². The number of thiophene rings is 1. The Kier molecular flexibility index (Phi) is 12.7. The number of hydrogen-bond acceptors (Lipinski definition) is 9. The Hall–Kier alpha value is -3.86. The van der Waals surface area contributed by atoms with Gasteiger partial charge in [0.2, 0.25) is 5.91 Å². The molecule has 0 bridgehead atoms. The monoisotopic (exact) mass is 577 g/mol. The summed E-state index contributed by atoms with van der Waals surface area (Å²) in [6, 6.07) is 19.1. The topological polar surface area (TPSA) is 126 Å². The Balaban J connectivity index is 0.000000202. The molecule has 3 heterocycles. The second kappa shape index (κ2) is 16.4. The lowest BCUT2D eigenvalue weighted by molar-refractivity contribution is -0.125. The van der Waals surface area contributed by atoms with Crippen molar-refractivity contribution in [3.05, 3.63) is 81.5 Å². The van der Waals surface area contributed by atoms with Crippen LogP contribution in [-0.4, -0.2) is 68.5 Å². The van der Waals surface area contributed by atoms with Gasteiger partial charge in [-0.25, -0.2) is 0 Å². The third-order valence-corrected chi connectivity index (χ3v) is 8.02. The zero-order valence-corrected chi connectivity index (χ0v) is 24.7. The second-order valence-corrected chi connectivity index (χ2v) is 10.9. The highest BCUT2D eigenvalue weighted by Gasteiger charge is 2.32. The van der Waals surface area contributed by atoms with Gasteiger partial charge in [0, 0.05) is 39.9 Å². The van der Waals surface area contributed by atoms with E-state index in [1.165, 1.54) is 4.88 Å². The van der Waals surface area contributed by atoms with E-state index in [1.807, 2.05) is 37.4 Å². The number of fused-ring (bicyclic) bond motifs is 1. The van der Waals surface area contributed by atoms with Crippen LogP contribution >= 0.6 is 11.3 Å². The summed E-state index contributed by atoms with van der Waals surface area (Å²) < 4.78 is 5.56. The average molecular weight is 578 g/mol. The van der Waals surface area contributed by atoms with Crippen LogP contribution in [0.15, 0.2) is 65.7 Å². The Labute approximate surface area is 245 Å². The number of nitrogens with zero attached hydrogens (tertiary/aromatic N) is 2. The molecule has 3 aromatic rings. The number of amides is 1. The van der Waals surface area contributed by atoms with Crippen molar-refractivity contribution in [1.29, 1.82) is 0 Å². The highest BCUT2D eigenvalue weighted by Crippen LogP contribution is 2.26. The van der Waals surface area contributed by atoms with E-state index in [0.29, 0.717) is 30.5 Å². The third-order valence-electron chi connectivity index (χ3n) is 6.82. The molecule has 5 rings (SSSR count). The number of carbonyl (C=O) groups excluding carboxylic acids is 3. The fourth-order valence-electron chi connectivity index (χ4n) is 4.38. The van der Waals surface area contributed by atoms with Crippen molar-refractivity contribution in [1.82, 2.24) is 15.5 Å². The minimum absolute atomic E-state index is 0.0150. The SMILES string of the molecule is CC1CCC(C(=O)NCc2cc3c(s2)CCN=C3N)N1C.CNCC=O.O=Cc1ccc(Oc2ccccc2)cc1. The van der Waals surface area contributed by atoms with Gasteiger partial charge in [-0.3, -0.25) is 19.5 Å². The van der Waals surface area contributed by atoms with Crippen LogP contribution in [-0.2, 0) is 22.6 Å². The predicted octanol–water partition coefficient (Wildman–Crippen LogP) is 3.80. The number of nitrogens with one attached hydrogen (secondary N) is 2.